The maximum Gasteiger partial charge on any atom is 0.0805 e. The van der Waals surface area contributed by atoms with Gasteiger partial charge in [-0.2, -0.15) is 0 Å². The van der Waals surface area contributed by atoms with Gasteiger partial charge in [-0.1, -0.05) is 29.8 Å². The van der Waals surface area contributed by atoms with Crippen molar-refractivity contribution in [1.29, 1.82) is 0 Å². The molecule has 3 N–H and O–H groups in total. The molecular weight excluding hydrogens is 216 g/mol. The fourth-order valence-corrected chi connectivity index (χ4v) is 2.78. The second kappa shape index (κ2) is 4.78. The summed E-state index contributed by atoms with van der Waals surface area (Å²) in [5.41, 5.74) is 6.65. The molecule has 1 atom stereocenters. The van der Waals surface area contributed by atoms with Crippen LogP contribution in [-0.4, -0.2) is 0 Å². The second-order valence-corrected chi connectivity index (χ2v) is 4.93. The van der Waals surface area contributed by atoms with Gasteiger partial charge in [0.05, 0.1) is 6.04 Å². The van der Waals surface area contributed by atoms with Crippen molar-refractivity contribution in [2.45, 2.75) is 19.9 Å². The molecule has 16 heavy (non-hydrogen) atoms. The zero-order valence-electron chi connectivity index (χ0n) is 9.53. The molecule has 2 rings (SSSR count). The maximum absolute atomic E-state index is 5.66. The SMILES string of the molecule is Cc1ccc(C(NN)c2sccc2C)cc1. The van der Waals surface area contributed by atoms with E-state index in [-0.39, 0.29) is 6.04 Å². The topological polar surface area (TPSA) is 38.0 Å². The first kappa shape index (κ1) is 11.3. The van der Waals surface area contributed by atoms with Crippen molar-refractivity contribution in [1.82, 2.24) is 5.43 Å². The van der Waals surface area contributed by atoms with Gasteiger partial charge in [-0.15, -0.1) is 11.3 Å². The van der Waals surface area contributed by atoms with Gasteiger partial charge >= 0.3 is 0 Å². The third-order valence-electron chi connectivity index (χ3n) is 2.74. The van der Waals surface area contributed by atoms with E-state index >= 15 is 0 Å². The van der Waals surface area contributed by atoms with Crippen LogP contribution in [0.15, 0.2) is 35.7 Å². The molecule has 0 bridgehead atoms. The van der Waals surface area contributed by atoms with Gasteiger partial charge < -0.3 is 0 Å². The molecule has 0 fully saturated rings. The first-order chi connectivity index (χ1) is 7.72. The van der Waals surface area contributed by atoms with E-state index in [2.05, 4.69) is 55.0 Å². The summed E-state index contributed by atoms with van der Waals surface area (Å²) in [4.78, 5) is 1.28. The van der Waals surface area contributed by atoms with Crippen LogP contribution in [0.25, 0.3) is 0 Å². The molecule has 0 aliphatic carbocycles. The Balaban J connectivity index is 2.37. The monoisotopic (exact) mass is 232 g/mol. The lowest BCUT2D eigenvalue weighted by atomic mass is 10.0. The number of hydrogen-bond donors (Lipinski definition) is 2. The lowest BCUT2D eigenvalue weighted by Crippen LogP contribution is -2.28. The van der Waals surface area contributed by atoms with Crippen molar-refractivity contribution >= 4 is 11.3 Å². The van der Waals surface area contributed by atoms with Crippen LogP contribution in [0.2, 0.25) is 0 Å². The van der Waals surface area contributed by atoms with Gasteiger partial charge in [-0.05, 0) is 36.4 Å². The number of thiophene rings is 1. The average Bonchev–Trinajstić information content (AvgIpc) is 2.69. The summed E-state index contributed by atoms with van der Waals surface area (Å²) in [6.45, 7) is 4.20. The van der Waals surface area contributed by atoms with Crippen LogP contribution in [0.5, 0.6) is 0 Å². The Kier molecular flexibility index (Phi) is 3.39. The van der Waals surface area contributed by atoms with E-state index in [0.29, 0.717) is 0 Å². The van der Waals surface area contributed by atoms with Crippen LogP contribution in [0.1, 0.15) is 27.6 Å². The summed E-state index contributed by atoms with van der Waals surface area (Å²) in [6.07, 6.45) is 0. The Hall–Kier alpha value is -1.16. The molecule has 0 saturated heterocycles. The number of rotatable bonds is 3. The molecule has 1 aromatic heterocycles. The van der Waals surface area contributed by atoms with E-state index in [1.165, 1.54) is 21.6 Å². The highest BCUT2D eigenvalue weighted by molar-refractivity contribution is 7.10. The molecule has 0 amide bonds. The predicted octanol–water partition coefficient (Wildman–Crippen LogP) is 2.92. The zero-order chi connectivity index (χ0) is 11.5. The first-order valence-electron chi connectivity index (χ1n) is 5.29. The van der Waals surface area contributed by atoms with Crippen LogP contribution < -0.4 is 11.3 Å². The Labute approximate surface area is 100 Å². The minimum absolute atomic E-state index is 0.0978. The Morgan fingerprint density at radius 1 is 1.12 bits per heavy atom. The fraction of sp³-hybridized carbons (Fsp3) is 0.231. The molecule has 1 unspecified atom stereocenters. The lowest BCUT2D eigenvalue weighted by molar-refractivity contribution is 0.644. The van der Waals surface area contributed by atoms with Crippen molar-refractivity contribution in [2.75, 3.05) is 0 Å². The van der Waals surface area contributed by atoms with E-state index < -0.39 is 0 Å². The van der Waals surface area contributed by atoms with E-state index in [1.54, 1.807) is 11.3 Å². The molecule has 0 saturated carbocycles. The number of benzene rings is 1. The standard InChI is InChI=1S/C13H16N2S/c1-9-3-5-11(6-4-9)12(15-14)13-10(2)7-8-16-13/h3-8,12,15H,14H2,1-2H3. The first-order valence-corrected chi connectivity index (χ1v) is 6.17. The summed E-state index contributed by atoms with van der Waals surface area (Å²) in [7, 11) is 0. The van der Waals surface area contributed by atoms with Crippen LogP contribution in [-0.2, 0) is 0 Å². The fourth-order valence-electron chi connectivity index (χ4n) is 1.76. The minimum atomic E-state index is 0.0978. The highest BCUT2D eigenvalue weighted by Gasteiger charge is 2.15. The average molecular weight is 232 g/mol. The minimum Gasteiger partial charge on any atom is -0.271 e. The quantitative estimate of drug-likeness (QED) is 0.631. The van der Waals surface area contributed by atoms with Crippen molar-refractivity contribution in [2.24, 2.45) is 5.84 Å². The maximum atomic E-state index is 5.66. The van der Waals surface area contributed by atoms with Crippen molar-refractivity contribution in [3.05, 3.63) is 57.3 Å². The number of hydrogen-bond acceptors (Lipinski definition) is 3. The number of nitrogens with two attached hydrogens (primary N) is 1. The molecule has 0 aliphatic rings. The Morgan fingerprint density at radius 2 is 1.81 bits per heavy atom. The summed E-state index contributed by atoms with van der Waals surface area (Å²) in [5.74, 6) is 5.66. The summed E-state index contributed by atoms with van der Waals surface area (Å²) >= 11 is 1.74. The lowest BCUT2D eigenvalue weighted by Gasteiger charge is -2.16. The third kappa shape index (κ3) is 2.16. The van der Waals surface area contributed by atoms with Gasteiger partial charge in [-0.3, -0.25) is 5.84 Å². The van der Waals surface area contributed by atoms with E-state index in [9.17, 15) is 0 Å². The summed E-state index contributed by atoms with van der Waals surface area (Å²) in [5, 5.41) is 2.10. The summed E-state index contributed by atoms with van der Waals surface area (Å²) < 4.78 is 0. The van der Waals surface area contributed by atoms with Crippen molar-refractivity contribution < 1.29 is 0 Å². The smallest absolute Gasteiger partial charge is 0.0805 e. The molecule has 84 valence electrons. The number of aryl methyl sites for hydroxylation is 2. The largest absolute Gasteiger partial charge is 0.271 e. The highest BCUT2D eigenvalue weighted by Crippen LogP contribution is 2.28. The van der Waals surface area contributed by atoms with E-state index in [4.69, 9.17) is 5.84 Å². The van der Waals surface area contributed by atoms with Gasteiger partial charge in [-0.25, -0.2) is 5.43 Å². The number of nitrogens with one attached hydrogen (secondary N) is 1. The van der Waals surface area contributed by atoms with Gasteiger partial charge in [0.15, 0.2) is 0 Å². The normalized spacial score (nSPS) is 12.7. The summed E-state index contributed by atoms with van der Waals surface area (Å²) in [6, 6.07) is 10.7. The van der Waals surface area contributed by atoms with Gasteiger partial charge in [0, 0.05) is 4.88 Å². The third-order valence-corrected chi connectivity index (χ3v) is 3.83. The van der Waals surface area contributed by atoms with Crippen LogP contribution in [0.3, 0.4) is 0 Å². The van der Waals surface area contributed by atoms with Crippen LogP contribution in [0.4, 0.5) is 0 Å². The van der Waals surface area contributed by atoms with Gasteiger partial charge in [0.25, 0.3) is 0 Å². The van der Waals surface area contributed by atoms with Gasteiger partial charge in [0.2, 0.25) is 0 Å². The van der Waals surface area contributed by atoms with Crippen LogP contribution in [0, 0.1) is 13.8 Å². The highest BCUT2D eigenvalue weighted by atomic mass is 32.1. The van der Waals surface area contributed by atoms with Gasteiger partial charge in [0.1, 0.15) is 0 Å². The molecule has 1 heterocycles. The van der Waals surface area contributed by atoms with E-state index in [0.717, 1.165) is 0 Å². The molecule has 0 aliphatic heterocycles. The molecule has 2 nitrogen and oxygen atoms in total. The molecule has 0 radical (unpaired) electrons. The van der Waals surface area contributed by atoms with E-state index in [1.807, 2.05) is 0 Å². The Morgan fingerprint density at radius 3 is 2.31 bits per heavy atom. The molecule has 3 heteroatoms. The van der Waals surface area contributed by atoms with Crippen LogP contribution >= 0.6 is 11.3 Å². The molecule has 0 spiro atoms. The molecular formula is C13H16N2S. The Bertz CT molecular complexity index is 459. The zero-order valence-corrected chi connectivity index (χ0v) is 10.3. The van der Waals surface area contributed by atoms with Crippen molar-refractivity contribution in [3.63, 3.8) is 0 Å². The predicted molar refractivity (Wildman–Crippen MR) is 69.4 cm³/mol. The number of hydrazine groups is 1. The van der Waals surface area contributed by atoms with Crippen molar-refractivity contribution in [3.8, 4) is 0 Å². The second-order valence-electron chi connectivity index (χ2n) is 3.98. The molecule has 1 aromatic carbocycles. The molecule has 2 aromatic rings.